The number of hydrogen-bond acceptors (Lipinski definition) is 3. The number of rotatable bonds is 7. The first-order valence-electron chi connectivity index (χ1n) is 11.7. The lowest BCUT2D eigenvalue weighted by molar-refractivity contribution is 0.193. The van der Waals surface area contributed by atoms with E-state index in [1.807, 2.05) is 36.4 Å². The van der Waals surface area contributed by atoms with Crippen molar-refractivity contribution in [3.8, 4) is 11.5 Å². The number of nitrogens with zero attached hydrogens (tertiary/aromatic N) is 1. The number of likely N-dealkylation sites (tertiary alicyclic amines) is 1. The summed E-state index contributed by atoms with van der Waals surface area (Å²) in [6.07, 6.45) is 6.07. The van der Waals surface area contributed by atoms with Crippen LogP contribution in [-0.2, 0) is 12.8 Å². The van der Waals surface area contributed by atoms with Gasteiger partial charge < -0.3 is 9.84 Å². The summed E-state index contributed by atoms with van der Waals surface area (Å²) in [4.78, 5) is 2.47. The summed E-state index contributed by atoms with van der Waals surface area (Å²) in [6, 6.07) is 13.9. The van der Waals surface area contributed by atoms with Gasteiger partial charge >= 0.3 is 0 Å². The minimum Gasteiger partial charge on any atom is -0.507 e. The number of phenols is 1. The molecule has 0 bridgehead atoms. The van der Waals surface area contributed by atoms with E-state index in [0.29, 0.717) is 21.5 Å². The van der Waals surface area contributed by atoms with Gasteiger partial charge in [0.2, 0.25) is 0 Å². The average molecular weight is 519 g/mol. The molecule has 3 nitrogen and oxygen atoms in total. The van der Waals surface area contributed by atoms with E-state index in [1.54, 1.807) is 0 Å². The molecule has 1 N–H and O–H groups in total. The van der Waals surface area contributed by atoms with E-state index in [4.69, 9.17) is 39.5 Å². The summed E-state index contributed by atoms with van der Waals surface area (Å²) in [6.45, 7) is 6.25. The number of aryl methyl sites for hydroxylation is 1. The standard InChI is InChI=1S/C28H30Cl3NO2/c1-3-21-16-23-22(5-4-6-26(23)34-17-29)28(33)27(21)18(2)32-13-11-19(12-14-32)7-8-20-9-10-24(30)25(31)15-20/h4-7,9-10,15-16,18,33H,3,8,11-14,17H2,1-2H3. The van der Waals surface area contributed by atoms with Gasteiger partial charge in [-0.25, -0.2) is 0 Å². The van der Waals surface area contributed by atoms with Gasteiger partial charge in [0.05, 0.1) is 10.0 Å². The highest BCUT2D eigenvalue weighted by Crippen LogP contribution is 2.42. The number of benzene rings is 3. The largest absolute Gasteiger partial charge is 0.507 e. The number of aromatic hydroxyl groups is 1. The minimum atomic E-state index is 0.0776. The van der Waals surface area contributed by atoms with E-state index in [9.17, 15) is 5.11 Å². The van der Waals surface area contributed by atoms with E-state index in [1.165, 1.54) is 11.1 Å². The van der Waals surface area contributed by atoms with E-state index < -0.39 is 0 Å². The lowest BCUT2D eigenvalue weighted by atomic mass is 9.91. The molecule has 1 heterocycles. The molecule has 0 saturated carbocycles. The second-order valence-corrected chi connectivity index (χ2v) is 9.82. The molecular formula is C28H30Cl3NO2. The monoisotopic (exact) mass is 517 g/mol. The molecule has 1 atom stereocenters. The average Bonchev–Trinajstić information content (AvgIpc) is 2.85. The van der Waals surface area contributed by atoms with Gasteiger partial charge in [-0.15, -0.1) is 0 Å². The topological polar surface area (TPSA) is 32.7 Å². The molecule has 1 aliphatic rings. The van der Waals surface area contributed by atoms with Crippen LogP contribution in [0.4, 0.5) is 0 Å². The van der Waals surface area contributed by atoms with Crippen molar-refractivity contribution in [1.82, 2.24) is 4.90 Å². The Balaban J connectivity index is 1.51. The molecule has 0 radical (unpaired) electrons. The molecule has 1 aliphatic heterocycles. The van der Waals surface area contributed by atoms with Crippen molar-refractivity contribution in [2.75, 3.05) is 19.2 Å². The number of halogens is 3. The zero-order chi connectivity index (χ0) is 24.2. The number of fused-ring (bicyclic) bond motifs is 1. The number of hydrogen-bond donors (Lipinski definition) is 1. The fraction of sp³-hybridized carbons (Fsp3) is 0.357. The fourth-order valence-corrected chi connectivity index (χ4v) is 5.34. The summed E-state index contributed by atoms with van der Waals surface area (Å²) >= 11 is 18.0. The summed E-state index contributed by atoms with van der Waals surface area (Å²) in [5.41, 5.74) is 4.80. The van der Waals surface area contributed by atoms with Crippen molar-refractivity contribution < 1.29 is 9.84 Å². The van der Waals surface area contributed by atoms with Gasteiger partial charge in [-0.05, 0) is 68.0 Å². The molecule has 0 amide bonds. The fourth-order valence-electron chi connectivity index (χ4n) is 4.91. The third-order valence-corrected chi connectivity index (χ3v) is 7.70. The maximum Gasteiger partial charge on any atom is 0.162 e. The normalized spacial score (nSPS) is 15.5. The van der Waals surface area contributed by atoms with Crippen LogP contribution in [-0.4, -0.2) is 29.2 Å². The van der Waals surface area contributed by atoms with Crippen LogP contribution < -0.4 is 4.74 Å². The summed E-state index contributed by atoms with van der Waals surface area (Å²) in [5.74, 6) is 1.05. The van der Waals surface area contributed by atoms with Crippen LogP contribution in [0.1, 0.15) is 49.4 Å². The van der Waals surface area contributed by atoms with E-state index in [-0.39, 0.29) is 12.1 Å². The number of alkyl halides is 1. The summed E-state index contributed by atoms with van der Waals surface area (Å²) < 4.78 is 5.59. The van der Waals surface area contributed by atoms with Crippen LogP contribution in [0.25, 0.3) is 10.8 Å². The van der Waals surface area contributed by atoms with Crippen LogP contribution in [0, 0.1) is 0 Å². The van der Waals surface area contributed by atoms with Crippen molar-refractivity contribution >= 4 is 45.6 Å². The van der Waals surface area contributed by atoms with Crippen LogP contribution in [0.3, 0.4) is 0 Å². The van der Waals surface area contributed by atoms with Crippen molar-refractivity contribution in [3.05, 3.63) is 80.8 Å². The smallest absolute Gasteiger partial charge is 0.162 e. The molecule has 180 valence electrons. The molecular weight excluding hydrogens is 489 g/mol. The summed E-state index contributed by atoms with van der Waals surface area (Å²) in [5, 5.41) is 14.2. The van der Waals surface area contributed by atoms with Gasteiger partial charge in [-0.1, -0.05) is 71.6 Å². The Morgan fingerprint density at radius 1 is 1.06 bits per heavy atom. The molecule has 0 spiro atoms. The van der Waals surface area contributed by atoms with E-state index >= 15 is 0 Å². The lowest BCUT2D eigenvalue weighted by Crippen LogP contribution is -2.33. The highest BCUT2D eigenvalue weighted by molar-refractivity contribution is 6.42. The Morgan fingerprint density at radius 3 is 2.50 bits per heavy atom. The Bertz CT molecular complexity index is 1200. The van der Waals surface area contributed by atoms with E-state index in [2.05, 4.69) is 30.9 Å². The van der Waals surface area contributed by atoms with Crippen LogP contribution in [0.15, 0.2) is 54.1 Å². The van der Waals surface area contributed by atoms with Crippen LogP contribution in [0.2, 0.25) is 10.0 Å². The predicted octanol–water partition coefficient (Wildman–Crippen LogP) is 8.32. The molecule has 1 saturated heterocycles. The first-order valence-corrected chi connectivity index (χ1v) is 13.0. The second-order valence-electron chi connectivity index (χ2n) is 8.78. The molecule has 34 heavy (non-hydrogen) atoms. The summed E-state index contributed by atoms with van der Waals surface area (Å²) in [7, 11) is 0. The molecule has 1 unspecified atom stereocenters. The molecule has 0 aliphatic carbocycles. The zero-order valence-electron chi connectivity index (χ0n) is 19.6. The Morgan fingerprint density at radius 2 is 1.82 bits per heavy atom. The Hall–Kier alpha value is -1.91. The van der Waals surface area contributed by atoms with Crippen molar-refractivity contribution in [2.45, 2.75) is 45.6 Å². The van der Waals surface area contributed by atoms with Gasteiger partial charge in [0.1, 0.15) is 11.5 Å². The maximum atomic E-state index is 11.3. The maximum absolute atomic E-state index is 11.3. The van der Waals surface area contributed by atoms with Crippen LogP contribution in [0.5, 0.6) is 11.5 Å². The highest BCUT2D eigenvalue weighted by atomic mass is 35.5. The third-order valence-electron chi connectivity index (χ3n) is 6.85. The Kier molecular flexibility index (Phi) is 8.31. The molecule has 1 fully saturated rings. The van der Waals surface area contributed by atoms with Crippen molar-refractivity contribution in [3.63, 3.8) is 0 Å². The van der Waals surface area contributed by atoms with Gasteiger partial charge in [0.25, 0.3) is 0 Å². The predicted molar refractivity (Wildman–Crippen MR) is 144 cm³/mol. The quantitative estimate of drug-likeness (QED) is 0.252. The first kappa shape index (κ1) is 25.2. The number of phenolic OH excluding ortho intramolecular Hbond substituents is 1. The zero-order valence-corrected chi connectivity index (χ0v) is 21.9. The molecule has 3 aromatic carbocycles. The number of piperidine rings is 1. The molecule has 6 heteroatoms. The van der Waals surface area contributed by atoms with Gasteiger partial charge in [-0.3, -0.25) is 4.90 Å². The van der Waals surface area contributed by atoms with Gasteiger partial charge in [0.15, 0.2) is 6.07 Å². The first-order chi connectivity index (χ1) is 16.4. The third kappa shape index (κ3) is 5.33. The van der Waals surface area contributed by atoms with Crippen molar-refractivity contribution in [1.29, 1.82) is 0 Å². The second kappa shape index (κ2) is 11.2. The lowest BCUT2D eigenvalue weighted by Gasteiger charge is -2.35. The van der Waals surface area contributed by atoms with Gasteiger partial charge in [-0.2, -0.15) is 0 Å². The number of allylic oxidation sites excluding steroid dienone is 1. The van der Waals surface area contributed by atoms with Crippen molar-refractivity contribution in [2.24, 2.45) is 0 Å². The van der Waals surface area contributed by atoms with E-state index in [0.717, 1.165) is 60.7 Å². The minimum absolute atomic E-state index is 0.0776. The highest BCUT2D eigenvalue weighted by Gasteiger charge is 2.26. The molecule has 0 aromatic heterocycles. The Labute approximate surface area is 216 Å². The number of ether oxygens (including phenoxy) is 1. The van der Waals surface area contributed by atoms with Crippen LogP contribution >= 0.6 is 34.8 Å². The SMILES string of the molecule is CCc1cc2c(OCCl)cccc2c(O)c1C(C)N1CCC(=CCc2ccc(Cl)c(Cl)c2)CC1. The molecule has 4 rings (SSSR count). The molecule has 3 aromatic rings. The van der Waals surface area contributed by atoms with Gasteiger partial charge in [0, 0.05) is 35.5 Å².